The normalized spacial score (nSPS) is 12.7. The van der Waals surface area contributed by atoms with Crippen molar-refractivity contribution in [3.63, 3.8) is 0 Å². The van der Waals surface area contributed by atoms with Crippen LogP contribution in [0.2, 0.25) is 0 Å². The maximum absolute atomic E-state index is 12.8. The van der Waals surface area contributed by atoms with Crippen molar-refractivity contribution in [1.29, 1.82) is 0 Å². The van der Waals surface area contributed by atoms with Crippen molar-refractivity contribution in [2.24, 2.45) is 0 Å². The van der Waals surface area contributed by atoms with Crippen molar-refractivity contribution >= 4 is 40.6 Å². The van der Waals surface area contributed by atoms with Gasteiger partial charge in [-0.05, 0) is 36.6 Å². The molecule has 186 valence electrons. The van der Waals surface area contributed by atoms with Crippen LogP contribution >= 0.6 is 23.7 Å². The van der Waals surface area contributed by atoms with E-state index in [1.165, 1.54) is 16.9 Å². The van der Waals surface area contributed by atoms with Crippen LogP contribution in [0.1, 0.15) is 33.3 Å². The summed E-state index contributed by atoms with van der Waals surface area (Å²) < 4.78 is 16.1. The van der Waals surface area contributed by atoms with Gasteiger partial charge in [0.05, 0.1) is 19.3 Å². The van der Waals surface area contributed by atoms with E-state index in [-0.39, 0.29) is 31.5 Å². The van der Waals surface area contributed by atoms with Gasteiger partial charge in [-0.15, -0.1) is 23.7 Å². The Morgan fingerprint density at radius 1 is 1.09 bits per heavy atom. The minimum Gasteiger partial charge on any atom is -0.497 e. The van der Waals surface area contributed by atoms with Crippen LogP contribution in [-0.2, 0) is 29.0 Å². The highest BCUT2D eigenvalue weighted by molar-refractivity contribution is 7.17. The lowest BCUT2D eigenvalue weighted by Gasteiger charge is -2.27. The zero-order chi connectivity index (χ0) is 23.9. The van der Waals surface area contributed by atoms with Crippen LogP contribution in [0.5, 0.6) is 11.5 Å². The predicted octanol–water partition coefficient (Wildman–Crippen LogP) is 4.93. The summed E-state index contributed by atoms with van der Waals surface area (Å²) in [4.78, 5) is 28.9. The Morgan fingerprint density at radius 2 is 1.86 bits per heavy atom. The van der Waals surface area contributed by atoms with Gasteiger partial charge >= 0.3 is 5.97 Å². The van der Waals surface area contributed by atoms with Crippen molar-refractivity contribution in [3.05, 3.63) is 76.2 Å². The molecule has 2 heterocycles. The molecule has 0 saturated heterocycles. The fourth-order valence-electron chi connectivity index (χ4n) is 3.94. The molecule has 1 amide bonds. The third-order valence-corrected chi connectivity index (χ3v) is 6.66. The van der Waals surface area contributed by atoms with E-state index in [1.54, 1.807) is 38.3 Å². The lowest BCUT2D eigenvalue weighted by molar-refractivity contribution is -0.118. The molecule has 3 aromatic rings. The summed E-state index contributed by atoms with van der Waals surface area (Å²) in [6.07, 6.45) is 0.725. The van der Waals surface area contributed by atoms with Crippen LogP contribution in [-0.4, -0.2) is 43.6 Å². The number of hydrogen-bond donors (Lipinski definition) is 1. The van der Waals surface area contributed by atoms with Crippen LogP contribution in [0.15, 0.2) is 54.6 Å². The highest BCUT2D eigenvalue weighted by Gasteiger charge is 2.29. The second kappa shape index (κ2) is 12.6. The quantitative estimate of drug-likeness (QED) is 0.406. The molecule has 1 aliphatic rings. The smallest absolute Gasteiger partial charge is 0.341 e. The molecule has 7 nitrogen and oxygen atoms in total. The Hall–Kier alpha value is -3.07. The first kappa shape index (κ1) is 26.5. The Labute approximate surface area is 215 Å². The number of nitrogens with zero attached hydrogens (tertiary/aromatic N) is 1. The molecule has 0 fully saturated rings. The molecule has 1 aliphatic heterocycles. The molecular weight excluding hydrogens is 488 g/mol. The lowest BCUT2D eigenvalue weighted by Crippen LogP contribution is -2.30. The standard InChI is InChI=1S/C26H28N2O5S.ClH/c1-3-32-26(30)24-21-12-13-28(15-18-8-5-4-6-9-18)16-22(21)34-25(24)27-23(29)17-33-20-11-7-10-19(14-20)31-2;/h4-11,14H,3,12-13,15-17H2,1-2H3,(H,27,29);1H. The van der Waals surface area contributed by atoms with Gasteiger partial charge < -0.3 is 19.5 Å². The summed E-state index contributed by atoms with van der Waals surface area (Å²) in [5.74, 6) is 0.435. The number of amides is 1. The second-order valence-electron chi connectivity index (χ2n) is 7.89. The van der Waals surface area contributed by atoms with Crippen molar-refractivity contribution in [1.82, 2.24) is 4.90 Å². The monoisotopic (exact) mass is 516 g/mol. The first-order valence-corrected chi connectivity index (χ1v) is 12.0. The first-order valence-electron chi connectivity index (χ1n) is 11.2. The van der Waals surface area contributed by atoms with Gasteiger partial charge in [-0.25, -0.2) is 4.79 Å². The van der Waals surface area contributed by atoms with Crippen LogP contribution in [0.3, 0.4) is 0 Å². The number of carbonyl (C=O) groups is 2. The molecule has 0 atom stereocenters. The second-order valence-corrected chi connectivity index (χ2v) is 9.00. The number of rotatable bonds is 9. The van der Waals surface area contributed by atoms with Crippen LogP contribution in [0.25, 0.3) is 0 Å². The number of hydrogen-bond acceptors (Lipinski definition) is 7. The van der Waals surface area contributed by atoms with Crippen molar-refractivity contribution < 1.29 is 23.8 Å². The highest BCUT2D eigenvalue weighted by atomic mass is 35.5. The molecule has 35 heavy (non-hydrogen) atoms. The topological polar surface area (TPSA) is 77.1 Å². The van der Waals surface area contributed by atoms with E-state index in [1.807, 2.05) is 18.2 Å². The largest absolute Gasteiger partial charge is 0.497 e. The van der Waals surface area contributed by atoms with E-state index in [9.17, 15) is 9.59 Å². The van der Waals surface area contributed by atoms with Crippen molar-refractivity contribution in [2.45, 2.75) is 26.4 Å². The number of thiophene rings is 1. The number of esters is 1. The van der Waals surface area contributed by atoms with E-state index in [0.29, 0.717) is 22.1 Å². The molecule has 0 unspecified atom stereocenters. The number of fused-ring (bicyclic) bond motifs is 1. The van der Waals surface area contributed by atoms with E-state index in [0.717, 1.165) is 36.5 Å². The Bertz CT molecular complexity index is 1150. The Kier molecular flexibility index (Phi) is 9.54. The van der Waals surface area contributed by atoms with Gasteiger partial charge in [0.2, 0.25) is 0 Å². The third-order valence-electron chi connectivity index (χ3n) is 5.53. The molecule has 2 aromatic carbocycles. The van der Waals surface area contributed by atoms with E-state index in [4.69, 9.17) is 14.2 Å². The molecule has 0 radical (unpaired) electrons. The molecule has 0 aliphatic carbocycles. The lowest BCUT2D eigenvalue weighted by atomic mass is 10.0. The van der Waals surface area contributed by atoms with Crippen molar-refractivity contribution in [2.75, 3.05) is 32.2 Å². The summed E-state index contributed by atoms with van der Waals surface area (Å²) in [5, 5.41) is 3.39. The zero-order valence-electron chi connectivity index (χ0n) is 19.7. The van der Waals surface area contributed by atoms with Gasteiger partial charge in [0.25, 0.3) is 5.91 Å². The third kappa shape index (κ3) is 6.75. The Morgan fingerprint density at radius 3 is 2.60 bits per heavy atom. The first-order chi connectivity index (χ1) is 16.6. The zero-order valence-corrected chi connectivity index (χ0v) is 21.4. The number of ether oxygens (including phenoxy) is 3. The average Bonchev–Trinajstić information content (AvgIpc) is 3.20. The maximum Gasteiger partial charge on any atom is 0.341 e. The summed E-state index contributed by atoms with van der Waals surface area (Å²) >= 11 is 1.44. The van der Waals surface area contributed by atoms with E-state index >= 15 is 0 Å². The van der Waals surface area contributed by atoms with E-state index < -0.39 is 5.97 Å². The molecule has 4 rings (SSSR count). The summed E-state index contributed by atoms with van der Waals surface area (Å²) in [6.45, 7) is 4.25. The number of benzene rings is 2. The number of anilines is 1. The number of carbonyl (C=O) groups excluding carboxylic acids is 2. The minimum absolute atomic E-state index is 0. The van der Waals surface area contributed by atoms with Gasteiger partial charge in [0, 0.05) is 30.6 Å². The number of halogens is 1. The van der Waals surface area contributed by atoms with Crippen LogP contribution < -0.4 is 14.8 Å². The van der Waals surface area contributed by atoms with Gasteiger partial charge in [0.15, 0.2) is 6.61 Å². The molecule has 1 aromatic heterocycles. The molecule has 0 spiro atoms. The minimum atomic E-state index is -0.402. The molecule has 1 N–H and O–H groups in total. The van der Waals surface area contributed by atoms with Gasteiger partial charge in [-0.2, -0.15) is 0 Å². The number of nitrogens with one attached hydrogen (secondary N) is 1. The van der Waals surface area contributed by atoms with Gasteiger partial charge in [0.1, 0.15) is 16.5 Å². The summed E-state index contributed by atoms with van der Waals surface area (Å²) in [7, 11) is 1.57. The fraction of sp³-hybridized carbons (Fsp3) is 0.308. The SMILES string of the molecule is CCOC(=O)c1c(NC(=O)COc2cccc(OC)c2)sc2c1CCN(Cc1ccccc1)C2.Cl. The summed E-state index contributed by atoms with van der Waals surface area (Å²) in [5.41, 5.74) is 2.68. The van der Waals surface area contributed by atoms with Crippen LogP contribution in [0, 0.1) is 0 Å². The number of methoxy groups -OCH3 is 1. The summed E-state index contributed by atoms with van der Waals surface area (Å²) in [6, 6.07) is 17.4. The predicted molar refractivity (Wildman–Crippen MR) is 139 cm³/mol. The Balaban J connectivity index is 0.00000342. The highest BCUT2D eigenvalue weighted by Crippen LogP contribution is 2.38. The van der Waals surface area contributed by atoms with Crippen molar-refractivity contribution in [3.8, 4) is 11.5 Å². The molecular formula is C26H29ClN2O5S. The molecule has 0 saturated carbocycles. The van der Waals surface area contributed by atoms with E-state index in [2.05, 4.69) is 22.3 Å². The maximum atomic E-state index is 12.8. The molecule has 0 bridgehead atoms. The van der Waals surface area contributed by atoms with Gasteiger partial charge in [-0.1, -0.05) is 36.4 Å². The average molecular weight is 517 g/mol. The molecule has 9 heteroatoms. The fourth-order valence-corrected chi connectivity index (χ4v) is 5.24. The van der Waals surface area contributed by atoms with Crippen LogP contribution in [0.4, 0.5) is 5.00 Å². The van der Waals surface area contributed by atoms with Gasteiger partial charge in [-0.3, -0.25) is 9.69 Å².